The lowest BCUT2D eigenvalue weighted by Gasteiger charge is -2.12. The van der Waals surface area contributed by atoms with Gasteiger partial charge in [0, 0.05) is 48.8 Å². The Morgan fingerprint density at radius 2 is 1.88 bits per heavy atom. The van der Waals surface area contributed by atoms with Crippen LogP contribution in [-0.2, 0) is 14.1 Å². The van der Waals surface area contributed by atoms with E-state index in [1.165, 1.54) is 0 Å². The Labute approximate surface area is 184 Å². The summed E-state index contributed by atoms with van der Waals surface area (Å²) in [7, 11) is 3.70. The van der Waals surface area contributed by atoms with Crippen molar-refractivity contribution in [2.24, 2.45) is 14.1 Å². The van der Waals surface area contributed by atoms with E-state index in [4.69, 9.17) is 4.52 Å². The van der Waals surface area contributed by atoms with Crippen LogP contribution in [0.5, 0.6) is 0 Å². The number of pyridine rings is 2. The van der Waals surface area contributed by atoms with Gasteiger partial charge in [0.25, 0.3) is 17.4 Å². The molecule has 8 nitrogen and oxygen atoms in total. The number of fused-ring (bicyclic) bond motifs is 1. The third kappa shape index (κ3) is 3.35. The van der Waals surface area contributed by atoms with Gasteiger partial charge in [0.15, 0.2) is 0 Å². The molecule has 1 N–H and O–H groups in total. The molecule has 0 unspecified atom stereocenters. The van der Waals surface area contributed by atoms with Gasteiger partial charge in [-0.05, 0) is 66.5 Å². The molecule has 32 heavy (non-hydrogen) atoms. The molecule has 0 bridgehead atoms. The summed E-state index contributed by atoms with van der Waals surface area (Å²) in [6.45, 7) is 3.90. The average molecular weight is 426 g/mol. The number of hydrogen-bond acceptors (Lipinski definition) is 6. The van der Waals surface area contributed by atoms with E-state index in [2.05, 4.69) is 20.4 Å². The second-order valence-electron chi connectivity index (χ2n) is 7.89. The molecule has 0 radical (unpaired) electrons. The average Bonchev–Trinajstić information content (AvgIpc) is 3.41. The van der Waals surface area contributed by atoms with Crippen molar-refractivity contribution in [1.82, 2.24) is 24.3 Å². The standard InChI is InChI=1S/C24H22N6O2/c1-14-7-8-17(26-24-27-22(32-28-24)20-6-5-9-29(20)3)12-18(14)19-11-16-13-25-15(2)10-21(16)30(4)23(19)31/h5-13H,1-4H3,(H,26,28). The van der Waals surface area contributed by atoms with Gasteiger partial charge >= 0.3 is 0 Å². The van der Waals surface area contributed by atoms with E-state index in [1.54, 1.807) is 17.8 Å². The van der Waals surface area contributed by atoms with Crippen molar-refractivity contribution in [3.05, 3.63) is 76.5 Å². The van der Waals surface area contributed by atoms with Crippen molar-refractivity contribution >= 4 is 22.5 Å². The minimum absolute atomic E-state index is 0.0612. The molecule has 0 spiro atoms. The molecule has 5 rings (SSSR count). The van der Waals surface area contributed by atoms with Crippen molar-refractivity contribution < 1.29 is 4.52 Å². The van der Waals surface area contributed by atoms with E-state index in [9.17, 15) is 4.79 Å². The van der Waals surface area contributed by atoms with Crippen molar-refractivity contribution in [1.29, 1.82) is 0 Å². The lowest BCUT2D eigenvalue weighted by atomic mass is 9.99. The van der Waals surface area contributed by atoms with Crippen molar-refractivity contribution in [3.8, 4) is 22.7 Å². The summed E-state index contributed by atoms with van der Waals surface area (Å²) in [5.74, 6) is 0.778. The molecule has 0 saturated carbocycles. The molecule has 8 heteroatoms. The molecule has 160 valence electrons. The molecule has 0 atom stereocenters. The Bertz CT molecular complexity index is 1530. The number of nitrogens with zero attached hydrogens (tertiary/aromatic N) is 5. The van der Waals surface area contributed by atoms with Gasteiger partial charge in [0.1, 0.15) is 5.69 Å². The van der Waals surface area contributed by atoms with Crippen LogP contribution in [0.3, 0.4) is 0 Å². The summed E-state index contributed by atoms with van der Waals surface area (Å²) in [6.07, 6.45) is 3.72. The summed E-state index contributed by atoms with van der Waals surface area (Å²) >= 11 is 0. The second-order valence-corrected chi connectivity index (χ2v) is 7.89. The van der Waals surface area contributed by atoms with Crippen LogP contribution in [0.15, 0.2) is 64.2 Å². The highest BCUT2D eigenvalue weighted by Gasteiger charge is 2.14. The topological polar surface area (TPSA) is 90.8 Å². The van der Waals surface area contributed by atoms with Crippen LogP contribution >= 0.6 is 0 Å². The normalized spacial score (nSPS) is 11.2. The number of anilines is 2. The Kier molecular flexibility index (Phi) is 4.62. The Morgan fingerprint density at radius 1 is 1.03 bits per heavy atom. The van der Waals surface area contributed by atoms with Crippen LogP contribution in [0.1, 0.15) is 11.3 Å². The fourth-order valence-corrected chi connectivity index (χ4v) is 3.84. The van der Waals surface area contributed by atoms with Crippen LogP contribution in [0.25, 0.3) is 33.6 Å². The molecule has 4 heterocycles. The number of hydrogen-bond donors (Lipinski definition) is 1. The first kappa shape index (κ1) is 19.7. The highest BCUT2D eigenvalue weighted by atomic mass is 16.5. The zero-order valence-corrected chi connectivity index (χ0v) is 18.2. The van der Waals surface area contributed by atoms with Gasteiger partial charge in [-0.25, -0.2) is 0 Å². The first-order valence-corrected chi connectivity index (χ1v) is 10.2. The summed E-state index contributed by atoms with van der Waals surface area (Å²) in [6, 6.07) is 13.5. The number of aryl methyl sites for hydroxylation is 4. The van der Waals surface area contributed by atoms with Crippen LogP contribution in [-0.4, -0.2) is 24.3 Å². The number of rotatable bonds is 4. The number of nitrogens with one attached hydrogen (secondary N) is 1. The molecule has 0 aliphatic heterocycles. The predicted octanol–water partition coefficient (Wildman–Crippen LogP) is 4.35. The van der Waals surface area contributed by atoms with Gasteiger partial charge in [0.05, 0.1) is 5.52 Å². The number of aromatic nitrogens is 5. The first-order valence-electron chi connectivity index (χ1n) is 10.2. The minimum atomic E-state index is -0.0612. The fraction of sp³-hybridized carbons (Fsp3) is 0.167. The van der Waals surface area contributed by atoms with Gasteiger partial charge in [0.2, 0.25) is 0 Å². The summed E-state index contributed by atoms with van der Waals surface area (Å²) < 4.78 is 8.97. The van der Waals surface area contributed by atoms with E-state index in [1.807, 2.05) is 74.1 Å². The van der Waals surface area contributed by atoms with Crippen molar-refractivity contribution in [2.75, 3.05) is 5.32 Å². The van der Waals surface area contributed by atoms with Gasteiger partial charge < -0.3 is 19.0 Å². The number of benzene rings is 1. The molecular weight excluding hydrogens is 404 g/mol. The van der Waals surface area contributed by atoms with E-state index < -0.39 is 0 Å². The zero-order chi connectivity index (χ0) is 22.4. The SMILES string of the molecule is Cc1cc2c(cn1)cc(-c1cc(Nc3noc(-c4cccn4C)n3)ccc1C)c(=O)n2C. The third-order valence-corrected chi connectivity index (χ3v) is 5.62. The van der Waals surface area contributed by atoms with Crippen molar-refractivity contribution in [2.45, 2.75) is 13.8 Å². The summed E-state index contributed by atoms with van der Waals surface area (Å²) in [5.41, 5.74) is 5.70. The van der Waals surface area contributed by atoms with E-state index >= 15 is 0 Å². The lowest BCUT2D eigenvalue weighted by molar-refractivity contribution is 0.430. The molecule has 4 aromatic heterocycles. The molecule has 0 saturated heterocycles. The molecule has 0 amide bonds. The Morgan fingerprint density at radius 3 is 2.66 bits per heavy atom. The van der Waals surface area contributed by atoms with Crippen LogP contribution in [0, 0.1) is 13.8 Å². The third-order valence-electron chi connectivity index (χ3n) is 5.62. The van der Waals surface area contributed by atoms with Gasteiger partial charge in [-0.15, -0.1) is 0 Å². The lowest BCUT2D eigenvalue weighted by Crippen LogP contribution is -2.19. The van der Waals surface area contributed by atoms with Crippen LogP contribution in [0.4, 0.5) is 11.6 Å². The van der Waals surface area contributed by atoms with Crippen molar-refractivity contribution in [3.63, 3.8) is 0 Å². The summed E-state index contributed by atoms with van der Waals surface area (Å²) in [4.78, 5) is 22.0. The van der Waals surface area contributed by atoms with Crippen LogP contribution < -0.4 is 10.9 Å². The highest BCUT2D eigenvalue weighted by Crippen LogP contribution is 2.28. The quantitative estimate of drug-likeness (QED) is 0.459. The largest absolute Gasteiger partial charge is 0.347 e. The van der Waals surface area contributed by atoms with Gasteiger partial charge in [-0.2, -0.15) is 4.98 Å². The highest BCUT2D eigenvalue weighted by molar-refractivity contribution is 5.85. The summed E-state index contributed by atoms with van der Waals surface area (Å²) in [5, 5.41) is 8.12. The fourth-order valence-electron chi connectivity index (χ4n) is 3.84. The Balaban J connectivity index is 1.53. The zero-order valence-electron chi connectivity index (χ0n) is 18.2. The minimum Gasteiger partial charge on any atom is -0.347 e. The predicted molar refractivity (Wildman–Crippen MR) is 124 cm³/mol. The molecule has 1 aromatic carbocycles. The molecule has 0 aliphatic carbocycles. The molecule has 5 aromatic rings. The smallest absolute Gasteiger partial charge is 0.276 e. The monoisotopic (exact) mass is 426 g/mol. The second kappa shape index (κ2) is 7.49. The van der Waals surface area contributed by atoms with Gasteiger partial charge in [-0.3, -0.25) is 9.78 Å². The van der Waals surface area contributed by atoms with E-state index in [0.29, 0.717) is 17.4 Å². The van der Waals surface area contributed by atoms with E-state index in [0.717, 1.165) is 39.1 Å². The van der Waals surface area contributed by atoms with E-state index in [-0.39, 0.29) is 5.56 Å². The Hall–Kier alpha value is -4.20. The molecular formula is C24H22N6O2. The maximum atomic E-state index is 13.2. The molecule has 0 fully saturated rings. The molecule has 0 aliphatic rings. The first-order chi connectivity index (χ1) is 15.4. The maximum Gasteiger partial charge on any atom is 0.276 e. The van der Waals surface area contributed by atoms with Crippen LogP contribution in [0.2, 0.25) is 0 Å². The maximum absolute atomic E-state index is 13.2. The van der Waals surface area contributed by atoms with Gasteiger partial charge in [-0.1, -0.05) is 6.07 Å².